The Labute approximate surface area is 124 Å². The first kappa shape index (κ1) is 13.7. The van der Waals surface area contributed by atoms with Crippen LogP contribution in [0.5, 0.6) is 5.75 Å². The number of carbonyl (C=O) groups is 1. The van der Waals surface area contributed by atoms with Gasteiger partial charge in [0.2, 0.25) is 5.91 Å². The van der Waals surface area contributed by atoms with Crippen molar-refractivity contribution in [3.05, 3.63) is 59.7 Å². The van der Waals surface area contributed by atoms with Gasteiger partial charge in [0.1, 0.15) is 5.75 Å². The molecule has 0 radical (unpaired) electrons. The highest BCUT2D eigenvalue weighted by molar-refractivity contribution is 5.94. The van der Waals surface area contributed by atoms with E-state index in [9.17, 15) is 4.79 Å². The van der Waals surface area contributed by atoms with E-state index in [0.29, 0.717) is 0 Å². The first-order valence-corrected chi connectivity index (χ1v) is 7.22. The summed E-state index contributed by atoms with van der Waals surface area (Å²) in [4.78, 5) is 12.3. The average Bonchev–Trinajstić information content (AvgIpc) is 2.65. The van der Waals surface area contributed by atoms with Crippen LogP contribution in [0.3, 0.4) is 0 Å². The number of para-hydroxylation sites is 1. The molecule has 1 aliphatic heterocycles. The molecule has 0 spiro atoms. The molecule has 1 amide bonds. The van der Waals surface area contributed by atoms with Gasteiger partial charge in [0.15, 0.2) is 0 Å². The third-order valence-electron chi connectivity index (χ3n) is 4.28. The number of anilines is 1. The predicted octanol–water partition coefficient (Wildman–Crippen LogP) is 3.61. The van der Waals surface area contributed by atoms with Crippen LogP contribution in [0.15, 0.2) is 48.5 Å². The van der Waals surface area contributed by atoms with Gasteiger partial charge in [0.05, 0.1) is 7.11 Å². The lowest BCUT2D eigenvalue weighted by Gasteiger charge is -2.20. The van der Waals surface area contributed by atoms with Gasteiger partial charge >= 0.3 is 0 Å². The van der Waals surface area contributed by atoms with Gasteiger partial charge in [-0.2, -0.15) is 0 Å². The molecule has 2 atom stereocenters. The van der Waals surface area contributed by atoms with E-state index < -0.39 is 0 Å². The van der Waals surface area contributed by atoms with Crippen molar-refractivity contribution in [2.24, 2.45) is 5.92 Å². The Kier molecular flexibility index (Phi) is 3.65. The summed E-state index contributed by atoms with van der Waals surface area (Å²) in [6.45, 7) is 2.00. The molecule has 2 aromatic carbocycles. The molecule has 0 unspecified atom stereocenters. The summed E-state index contributed by atoms with van der Waals surface area (Å²) in [7, 11) is 1.66. The molecule has 3 rings (SSSR count). The molecular formula is C18H19NO2. The molecule has 1 heterocycles. The van der Waals surface area contributed by atoms with Crippen molar-refractivity contribution in [3.63, 3.8) is 0 Å². The van der Waals surface area contributed by atoms with Crippen molar-refractivity contribution in [2.45, 2.75) is 19.3 Å². The number of ether oxygens (including phenoxy) is 1. The molecule has 3 nitrogen and oxygen atoms in total. The Morgan fingerprint density at radius 3 is 2.52 bits per heavy atom. The lowest BCUT2D eigenvalue weighted by atomic mass is 9.83. The first-order valence-electron chi connectivity index (χ1n) is 7.22. The second kappa shape index (κ2) is 5.60. The molecule has 0 bridgehead atoms. The quantitative estimate of drug-likeness (QED) is 0.913. The maximum absolute atomic E-state index is 12.3. The van der Waals surface area contributed by atoms with Crippen LogP contribution < -0.4 is 10.1 Å². The molecule has 2 aromatic rings. The smallest absolute Gasteiger partial charge is 0.227 e. The van der Waals surface area contributed by atoms with Gasteiger partial charge in [0.25, 0.3) is 0 Å². The standard InChI is InChI=1S/C18H19NO2/c1-12-16(13-7-9-15(21-2)10-8-13)11-14-5-3-4-6-17(14)19-18(12)20/h3-10,12,16H,11H2,1-2H3,(H,19,20)/t12-,16-/m1/s1. The van der Waals surface area contributed by atoms with Gasteiger partial charge in [-0.1, -0.05) is 37.3 Å². The van der Waals surface area contributed by atoms with E-state index in [0.717, 1.165) is 17.9 Å². The number of hydrogen-bond acceptors (Lipinski definition) is 2. The third kappa shape index (κ3) is 2.64. The fourth-order valence-corrected chi connectivity index (χ4v) is 2.92. The van der Waals surface area contributed by atoms with Gasteiger partial charge < -0.3 is 10.1 Å². The molecule has 0 saturated heterocycles. The van der Waals surface area contributed by atoms with E-state index >= 15 is 0 Å². The van der Waals surface area contributed by atoms with Crippen LogP contribution in [-0.4, -0.2) is 13.0 Å². The number of fused-ring (bicyclic) bond motifs is 1. The Bertz CT molecular complexity index is 649. The fraction of sp³-hybridized carbons (Fsp3) is 0.278. The van der Waals surface area contributed by atoms with Crippen LogP contribution in [0.2, 0.25) is 0 Å². The van der Waals surface area contributed by atoms with Crippen LogP contribution >= 0.6 is 0 Å². The number of carbonyl (C=O) groups excluding carboxylic acids is 1. The zero-order valence-corrected chi connectivity index (χ0v) is 12.3. The van der Waals surface area contributed by atoms with Crippen molar-refractivity contribution in [2.75, 3.05) is 12.4 Å². The maximum Gasteiger partial charge on any atom is 0.227 e. The second-order valence-electron chi connectivity index (χ2n) is 5.52. The topological polar surface area (TPSA) is 38.3 Å². The highest BCUT2D eigenvalue weighted by atomic mass is 16.5. The first-order chi connectivity index (χ1) is 10.2. The minimum Gasteiger partial charge on any atom is -0.497 e. The predicted molar refractivity (Wildman–Crippen MR) is 83.7 cm³/mol. The summed E-state index contributed by atoms with van der Waals surface area (Å²) in [5.74, 6) is 1.04. The number of nitrogens with one attached hydrogen (secondary N) is 1. The minimum absolute atomic E-state index is 0.0641. The molecule has 3 heteroatoms. The van der Waals surface area contributed by atoms with Gasteiger partial charge in [-0.15, -0.1) is 0 Å². The average molecular weight is 281 g/mol. The van der Waals surface area contributed by atoms with Crippen LogP contribution in [0.1, 0.15) is 24.0 Å². The van der Waals surface area contributed by atoms with Gasteiger partial charge in [-0.25, -0.2) is 0 Å². The summed E-state index contributed by atoms with van der Waals surface area (Å²) in [6.07, 6.45) is 0.864. The normalized spacial score (nSPS) is 21.1. The summed E-state index contributed by atoms with van der Waals surface area (Å²) in [5.41, 5.74) is 3.30. The molecule has 0 aliphatic carbocycles. The van der Waals surface area contributed by atoms with Gasteiger partial charge in [-0.3, -0.25) is 4.79 Å². The third-order valence-corrected chi connectivity index (χ3v) is 4.28. The van der Waals surface area contributed by atoms with Crippen molar-refractivity contribution < 1.29 is 9.53 Å². The molecule has 1 aliphatic rings. The van der Waals surface area contributed by atoms with E-state index in [1.54, 1.807) is 7.11 Å². The lowest BCUT2D eigenvalue weighted by molar-refractivity contribution is -0.119. The van der Waals surface area contributed by atoms with Crippen LogP contribution in [0.25, 0.3) is 0 Å². The van der Waals surface area contributed by atoms with Crippen molar-refractivity contribution >= 4 is 11.6 Å². The minimum atomic E-state index is -0.0641. The fourth-order valence-electron chi connectivity index (χ4n) is 2.92. The lowest BCUT2D eigenvalue weighted by Crippen LogP contribution is -2.24. The number of amides is 1. The van der Waals surface area contributed by atoms with E-state index in [1.165, 1.54) is 11.1 Å². The maximum atomic E-state index is 12.3. The van der Waals surface area contributed by atoms with Crippen LogP contribution in [-0.2, 0) is 11.2 Å². The van der Waals surface area contributed by atoms with Crippen molar-refractivity contribution in [1.82, 2.24) is 0 Å². The highest BCUT2D eigenvalue weighted by Gasteiger charge is 2.29. The second-order valence-corrected chi connectivity index (χ2v) is 5.52. The molecule has 0 aromatic heterocycles. The highest BCUT2D eigenvalue weighted by Crippen LogP contribution is 2.35. The number of rotatable bonds is 2. The molecule has 1 N–H and O–H groups in total. The van der Waals surface area contributed by atoms with Gasteiger partial charge in [0, 0.05) is 11.6 Å². The molecule has 108 valence electrons. The largest absolute Gasteiger partial charge is 0.497 e. The van der Waals surface area contributed by atoms with E-state index in [4.69, 9.17) is 4.74 Å². The van der Waals surface area contributed by atoms with Crippen molar-refractivity contribution in [3.8, 4) is 5.75 Å². The van der Waals surface area contributed by atoms with E-state index in [1.807, 2.05) is 37.3 Å². The Morgan fingerprint density at radius 2 is 1.81 bits per heavy atom. The Balaban J connectivity index is 1.98. The van der Waals surface area contributed by atoms with E-state index in [-0.39, 0.29) is 17.7 Å². The molecular weight excluding hydrogens is 262 g/mol. The summed E-state index contributed by atoms with van der Waals surface area (Å²) < 4.78 is 5.21. The Morgan fingerprint density at radius 1 is 1.10 bits per heavy atom. The van der Waals surface area contributed by atoms with Gasteiger partial charge in [-0.05, 0) is 41.7 Å². The molecule has 0 saturated carbocycles. The SMILES string of the molecule is COc1ccc([C@@H]2Cc3ccccc3NC(=O)[C@@H]2C)cc1. The summed E-state index contributed by atoms with van der Waals surface area (Å²) in [6, 6.07) is 16.1. The number of benzene rings is 2. The monoisotopic (exact) mass is 281 g/mol. The zero-order valence-electron chi connectivity index (χ0n) is 12.3. The molecule has 0 fully saturated rings. The van der Waals surface area contributed by atoms with E-state index in [2.05, 4.69) is 23.5 Å². The Hall–Kier alpha value is -2.29. The summed E-state index contributed by atoms with van der Waals surface area (Å²) >= 11 is 0. The number of hydrogen-bond donors (Lipinski definition) is 1. The van der Waals surface area contributed by atoms with Crippen LogP contribution in [0.4, 0.5) is 5.69 Å². The summed E-state index contributed by atoms with van der Waals surface area (Å²) in [5, 5.41) is 3.03. The van der Waals surface area contributed by atoms with Crippen LogP contribution in [0, 0.1) is 5.92 Å². The molecule has 21 heavy (non-hydrogen) atoms. The van der Waals surface area contributed by atoms with Crippen molar-refractivity contribution in [1.29, 1.82) is 0 Å². The number of methoxy groups -OCH3 is 1. The zero-order chi connectivity index (χ0) is 14.8.